The third-order valence-corrected chi connectivity index (χ3v) is 4.68. The monoisotopic (exact) mass is 385 g/mol. The number of methoxy groups -OCH3 is 1. The number of ether oxygens (including phenoxy) is 1. The molecule has 0 atom stereocenters. The quantitative estimate of drug-likeness (QED) is 0.846. The van der Waals surface area contributed by atoms with Gasteiger partial charge in [-0.1, -0.05) is 6.07 Å². The Morgan fingerprint density at radius 2 is 2.00 bits per heavy atom. The second-order valence-electron chi connectivity index (χ2n) is 6.25. The number of nitrogens with zero attached hydrogens (tertiary/aromatic N) is 1. The SMILES string of the molecule is COCC1(C(=O)Nc2ccc(C)c3ncccc23)CCNCC1.Cl.Cl. The largest absolute Gasteiger partial charge is 0.384 e. The van der Waals surface area contributed by atoms with Gasteiger partial charge in [-0.25, -0.2) is 0 Å². The van der Waals surface area contributed by atoms with Crippen molar-refractivity contribution in [3.05, 3.63) is 36.0 Å². The highest BCUT2D eigenvalue weighted by Crippen LogP contribution is 2.32. The van der Waals surface area contributed by atoms with Crippen LogP contribution in [0.25, 0.3) is 10.9 Å². The predicted octanol–water partition coefficient (Wildman–Crippen LogP) is 3.34. The predicted molar refractivity (Wildman–Crippen MR) is 106 cm³/mol. The molecule has 0 bridgehead atoms. The van der Waals surface area contributed by atoms with Crippen molar-refractivity contribution in [1.82, 2.24) is 10.3 Å². The topological polar surface area (TPSA) is 63.2 Å². The number of nitrogens with one attached hydrogen (secondary N) is 2. The summed E-state index contributed by atoms with van der Waals surface area (Å²) in [7, 11) is 1.66. The molecule has 0 unspecified atom stereocenters. The summed E-state index contributed by atoms with van der Waals surface area (Å²) in [6.07, 6.45) is 3.35. The lowest BCUT2D eigenvalue weighted by Crippen LogP contribution is -2.47. The molecule has 7 heteroatoms. The smallest absolute Gasteiger partial charge is 0.233 e. The number of fused-ring (bicyclic) bond motifs is 1. The Morgan fingerprint density at radius 1 is 1.28 bits per heavy atom. The first-order valence-electron chi connectivity index (χ1n) is 8.02. The molecule has 2 aromatic rings. The lowest BCUT2D eigenvalue weighted by atomic mass is 9.78. The van der Waals surface area contributed by atoms with Crippen molar-refractivity contribution < 1.29 is 9.53 Å². The fraction of sp³-hybridized carbons (Fsp3) is 0.444. The Balaban J connectivity index is 0.00000156. The highest BCUT2D eigenvalue weighted by molar-refractivity contribution is 6.03. The summed E-state index contributed by atoms with van der Waals surface area (Å²) in [5.74, 6) is 0.0369. The summed E-state index contributed by atoms with van der Waals surface area (Å²) < 4.78 is 5.35. The molecule has 3 rings (SSSR count). The van der Waals surface area contributed by atoms with Gasteiger partial charge in [-0.05, 0) is 56.6 Å². The minimum absolute atomic E-state index is 0. The van der Waals surface area contributed by atoms with Crippen LogP contribution in [0.3, 0.4) is 0 Å². The Kier molecular flexibility index (Phi) is 8.09. The molecule has 0 radical (unpaired) electrons. The molecular weight excluding hydrogens is 361 g/mol. The molecule has 25 heavy (non-hydrogen) atoms. The Morgan fingerprint density at radius 3 is 2.68 bits per heavy atom. The van der Waals surface area contributed by atoms with E-state index in [-0.39, 0.29) is 30.7 Å². The second-order valence-corrected chi connectivity index (χ2v) is 6.25. The van der Waals surface area contributed by atoms with Crippen molar-refractivity contribution in [1.29, 1.82) is 0 Å². The first-order valence-corrected chi connectivity index (χ1v) is 8.02. The molecule has 2 heterocycles. The highest BCUT2D eigenvalue weighted by atomic mass is 35.5. The number of halogens is 2. The van der Waals surface area contributed by atoms with Gasteiger partial charge in [0.15, 0.2) is 0 Å². The van der Waals surface area contributed by atoms with E-state index in [2.05, 4.69) is 15.6 Å². The normalized spacial score (nSPS) is 15.8. The summed E-state index contributed by atoms with van der Waals surface area (Å²) in [5.41, 5.74) is 2.39. The summed E-state index contributed by atoms with van der Waals surface area (Å²) in [5, 5.41) is 7.40. The van der Waals surface area contributed by atoms with Crippen LogP contribution in [0, 0.1) is 12.3 Å². The first-order chi connectivity index (χ1) is 11.2. The molecule has 1 aromatic carbocycles. The van der Waals surface area contributed by atoms with Crippen molar-refractivity contribution in [3.63, 3.8) is 0 Å². The van der Waals surface area contributed by atoms with E-state index in [1.807, 2.05) is 31.2 Å². The molecule has 1 aliphatic rings. The van der Waals surface area contributed by atoms with Crippen LogP contribution >= 0.6 is 24.8 Å². The summed E-state index contributed by atoms with van der Waals surface area (Å²) >= 11 is 0. The molecule has 1 fully saturated rings. The van der Waals surface area contributed by atoms with E-state index in [1.54, 1.807) is 13.3 Å². The van der Waals surface area contributed by atoms with Crippen LogP contribution in [0.5, 0.6) is 0 Å². The van der Waals surface area contributed by atoms with Crippen LogP contribution < -0.4 is 10.6 Å². The summed E-state index contributed by atoms with van der Waals surface area (Å²) in [4.78, 5) is 17.4. The Labute approximate surface area is 160 Å². The zero-order valence-electron chi connectivity index (χ0n) is 14.5. The Bertz CT molecular complexity index is 713. The molecule has 1 aliphatic heterocycles. The van der Waals surface area contributed by atoms with Crippen molar-refractivity contribution in [2.24, 2.45) is 5.41 Å². The molecule has 1 aromatic heterocycles. The molecule has 0 aliphatic carbocycles. The van der Waals surface area contributed by atoms with E-state index in [0.29, 0.717) is 6.61 Å². The van der Waals surface area contributed by atoms with E-state index in [1.165, 1.54) is 0 Å². The first kappa shape index (κ1) is 21.6. The van der Waals surface area contributed by atoms with Crippen LogP contribution in [0.15, 0.2) is 30.5 Å². The maximum Gasteiger partial charge on any atom is 0.233 e. The van der Waals surface area contributed by atoms with Crippen LogP contribution in [0.4, 0.5) is 5.69 Å². The van der Waals surface area contributed by atoms with Gasteiger partial charge in [0.2, 0.25) is 5.91 Å². The van der Waals surface area contributed by atoms with Gasteiger partial charge in [-0.2, -0.15) is 0 Å². The third kappa shape index (κ3) is 4.42. The van der Waals surface area contributed by atoms with Crippen molar-refractivity contribution >= 4 is 47.3 Å². The van der Waals surface area contributed by atoms with Gasteiger partial charge >= 0.3 is 0 Å². The lowest BCUT2D eigenvalue weighted by Gasteiger charge is -2.35. The zero-order valence-corrected chi connectivity index (χ0v) is 16.1. The highest BCUT2D eigenvalue weighted by Gasteiger charge is 2.39. The minimum Gasteiger partial charge on any atom is -0.384 e. The number of hydrogen-bond donors (Lipinski definition) is 2. The Hall–Kier alpha value is -1.40. The number of benzene rings is 1. The van der Waals surface area contributed by atoms with Crippen LogP contribution in [0.1, 0.15) is 18.4 Å². The zero-order chi connectivity index (χ0) is 16.3. The van der Waals surface area contributed by atoms with E-state index in [0.717, 1.165) is 48.1 Å². The van der Waals surface area contributed by atoms with Crippen LogP contribution in [0.2, 0.25) is 0 Å². The number of carbonyl (C=O) groups excluding carboxylic acids is 1. The number of aryl methyl sites for hydroxylation is 1. The number of amides is 1. The van der Waals surface area contributed by atoms with Gasteiger partial charge in [-0.15, -0.1) is 24.8 Å². The number of pyridine rings is 1. The van der Waals surface area contributed by atoms with Crippen molar-refractivity contribution in [3.8, 4) is 0 Å². The second kappa shape index (κ2) is 9.34. The molecule has 1 saturated heterocycles. The average Bonchev–Trinajstić information content (AvgIpc) is 2.59. The van der Waals surface area contributed by atoms with Crippen LogP contribution in [-0.2, 0) is 9.53 Å². The minimum atomic E-state index is -0.459. The third-order valence-electron chi connectivity index (χ3n) is 4.68. The van der Waals surface area contributed by atoms with Gasteiger partial charge in [0.1, 0.15) is 0 Å². The van der Waals surface area contributed by atoms with E-state index in [9.17, 15) is 4.79 Å². The van der Waals surface area contributed by atoms with E-state index in [4.69, 9.17) is 4.74 Å². The molecule has 138 valence electrons. The molecule has 0 saturated carbocycles. The van der Waals surface area contributed by atoms with Crippen molar-refractivity contribution in [2.75, 3.05) is 32.1 Å². The van der Waals surface area contributed by atoms with Crippen molar-refractivity contribution in [2.45, 2.75) is 19.8 Å². The fourth-order valence-electron chi connectivity index (χ4n) is 3.30. The number of anilines is 1. The number of piperidine rings is 1. The molecular formula is C18H25Cl2N3O2. The van der Waals surface area contributed by atoms with E-state index >= 15 is 0 Å². The van der Waals surface area contributed by atoms with Crippen LogP contribution in [-0.4, -0.2) is 37.7 Å². The van der Waals surface area contributed by atoms with Gasteiger partial charge in [0.25, 0.3) is 0 Å². The van der Waals surface area contributed by atoms with Gasteiger partial charge in [-0.3, -0.25) is 9.78 Å². The molecule has 0 spiro atoms. The standard InChI is InChI=1S/C18H23N3O2.2ClH/c1-13-5-6-15(14-4-3-9-20-16(13)14)21-17(22)18(12-23-2)7-10-19-11-8-18;;/h3-6,9,19H,7-8,10-12H2,1-2H3,(H,21,22);2*1H. The summed E-state index contributed by atoms with van der Waals surface area (Å²) in [6.45, 7) is 4.16. The fourth-order valence-corrected chi connectivity index (χ4v) is 3.30. The van der Waals surface area contributed by atoms with Gasteiger partial charge in [0.05, 0.1) is 23.2 Å². The number of carbonyl (C=O) groups is 1. The molecule has 1 amide bonds. The summed E-state index contributed by atoms with van der Waals surface area (Å²) in [6, 6.07) is 7.85. The number of aromatic nitrogens is 1. The number of rotatable bonds is 4. The molecule has 2 N–H and O–H groups in total. The maximum absolute atomic E-state index is 13.0. The van der Waals surface area contributed by atoms with Gasteiger partial charge < -0.3 is 15.4 Å². The number of hydrogen-bond acceptors (Lipinski definition) is 4. The van der Waals surface area contributed by atoms with Gasteiger partial charge in [0, 0.05) is 18.7 Å². The maximum atomic E-state index is 13.0. The van der Waals surface area contributed by atoms with E-state index < -0.39 is 5.41 Å². The lowest BCUT2D eigenvalue weighted by molar-refractivity contribution is -0.130. The molecule has 5 nitrogen and oxygen atoms in total. The average molecular weight is 386 g/mol.